The Labute approximate surface area is 161 Å². The zero-order valence-electron chi connectivity index (χ0n) is 15.4. The molecule has 0 saturated heterocycles. The van der Waals surface area contributed by atoms with Gasteiger partial charge in [0.2, 0.25) is 0 Å². The average molecular weight is 373 g/mol. The summed E-state index contributed by atoms with van der Waals surface area (Å²) in [5, 5.41) is 0.929. The van der Waals surface area contributed by atoms with E-state index in [1.807, 2.05) is 31.2 Å². The number of pyridine rings is 2. The van der Waals surface area contributed by atoms with Crippen molar-refractivity contribution >= 4 is 16.8 Å². The molecule has 3 heterocycles. The number of hydrogen-bond donors (Lipinski definition) is 1. The lowest BCUT2D eigenvalue weighted by atomic mass is 10.1. The minimum atomic E-state index is -0.263. The highest BCUT2D eigenvalue weighted by atomic mass is 16.3. The molecule has 28 heavy (non-hydrogen) atoms. The zero-order valence-corrected chi connectivity index (χ0v) is 15.4. The second kappa shape index (κ2) is 7.52. The number of aryl methyl sites for hydroxylation is 1. The SMILES string of the molecule is Cc1cccc2cc(CN(Cc3ccco3)C(=O)c3ccccn3)c(=O)[nH]c12. The predicted octanol–water partition coefficient (Wildman–Crippen LogP) is 3.67. The maximum absolute atomic E-state index is 13.0. The molecule has 0 aliphatic heterocycles. The Morgan fingerprint density at radius 1 is 1.11 bits per heavy atom. The van der Waals surface area contributed by atoms with Gasteiger partial charge in [0.15, 0.2) is 0 Å². The van der Waals surface area contributed by atoms with Crippen LogP contribution in [0.4, 0.5) is 0 Å². The van der Waals surface area contributed by atoms with Crippen molar-refractivity contribution < 1.29 is 9.21 Å². The number of benzene rings is 1. The summed E-state index contributed by atoms with van der Waals surface area (Å²) < 4.78 is 5.40. The van der Waals surface area contributed by atoms with Crippen LogP contribution in [0.5, 0.6) is 0 Å². The minimum absolute atomic E-state index is 0.148. The molecule has 4 rings (SSSR count). The highest BCUT2D eigenvalue weighted by Crippen LogP contribution is 2.17. The summed E-state index contributed by atoms with van der Waals surface area (Å²) in [5.41, 5.74) is 2.43. The third-order valence-electron chi connectivity index (χ3n) is 4.62. The molecule has 0 bridgehead atoms. The second-order valence-corrected chi connectivity index (χ2v) is 6.62. The fourth-order valence-electron chi connectivity index (χ4n) is 3.19. The Kier molecular flexibility index (Phi) is 4.76. The van der Waals surface area contributed by atoms with E-state index in [-0.39, 0.29) is 24.6 Å². The number of fused-ring (bicyclic) bond motifs is 1. The van der Waals surface area contributed by atoms with Crippen molar-refractivity contribution in [3.8, 4) is 0 Å². The van der Waals surface area contributed by atoms with Gasteiger partial charge in [-0.15, -0.1) is 0 Å². The Bertz CT molecular complexity index is 1160. The summed E-state index contributed by atoms with van der Waals surface area (Å²) in [6.07, 6.45) is 3.13. The van der Waals surface area contributed by atoms with Crippen LogP contribution >= 0.6 is 0 Å². The maximum atomic E-state index is 13.0. The molecule has 0 saturated carbocycles. The number of nitrogens with one attached hydrogen (secondary N) is 1. The van der Waals surface area contributed by atoms with Gasteiger partial charge in [-0.1, -0.05) is 24.3 Å². The van der Waals surface area contributed by atoms with Crippen molar-refractivity contribution in [2.45, 2.75) is 20.0 Å². The molecule has 0 unspecified atom stereocenters. The van der Waals surface area contributed by atoms with Gasteiger partial charge in [0, 0.05) is 11.8 Å². The number of amides is 1. The van der Waals surface area contributed by atoms with Crippen LogP contribution in [0.1, 0.15) is 27.4 Å². The fraction of sp³-hybridized carbons (Fsp3) is 0.136. The van der Waals surface area contributed by atoms with Gasteiger partial charge < -0.3 is 14.3 Å². The largest absolute Gasteiger partial charge is 0.467 e. The first-order valence-corrected chi connectivity index (χ1v) is 8.96. The summed E-state index contributed by atoms with van der Waals surface area (Å²) in [6, 6.07) is 16.4. The molecule has 0 radical (unpaired) electrons. The lowest BCUT2D eigenvalue weighted by Gasteiger charge is -2.21. The van der Waals surface area contributed by atoms with Crippen molar-refractivity contribution in [2.24, 2.45) is 0 Å². The Balaban J connectivity index is 1.71. The molecule has 140 valence electrons. The molecule has 4 aromatic rings. The van der Waals surface area contributed by atoms with E-state index in [0.717, 1.165) is 16.5 Å². The van der Waals surface area contributed by atoms with E-state index in [9.17, 15) is 9.59 Å². The van der Waals surface area contributed by atoms with Crippen molar-refractivity contribution in [1.82, 2.24) is 14.9 Å². The van der Waals surface area contributed by atoms with E-state index < -0.39 is 0 Å². The molecule has 0 fully saturated rings. The molecule has 0 aliphatic carbocycles. The molecule has 1 N–H and O–H groups in total. The minimum Gasteiger partial charge on any atom is -0.467 e. The molecule has 6 nitrogen and oxygen atoms in total. The van der Waals surface area contributed by atoms with Crippen molar-refractivity contribution in [3.63, 3.8) is 0 Å². The van der Waals surface area contributed by atoms with Crippen molar-refractivity contribution in [2.75, 3.05) is 0 Å². The van der Waals surface area contributed by atoms with Crippen LogP contribution in [0.3, 0.4) is 0 Å². The van der Waals surface area contributed by atoms with Gasteiger partial charge in [-0.25, -0.2) is 0 Å². The predicted molar refractivity (Wildman–Crippen MR) is 106 cm³/mol. The van der Waals surface area contributed by atoms with Crippen LogP contribution < -0.4 is 5.56 Å². The molecule has 6 heteroatoms. The normalized spacial score (nSPS) is 10.9. The van der Waals surface area contributed by atoms with E-state index in [1.54, 1.807) is 47.7 Å². The number of furan rings is 1. The van der Waals surface area contributed by atoms with Gasteiger partial charge in [0.1, 0.15) is 11.5 Å². The van der Waals surface area contributed by atoms with Crippen LogP contribution in [0.25, 0.3) is 10.9 Å². The average Bonchev–Trinajstić information content (AvgIpc) is 3.22. The Hall–Kier alpha value is -3.67. The van der Waals surface area contributed by atoms with E-state index in [1.165, 1.54) is 0 Å². The summed E-state index contributed by atoms with van der Waals surface area (Å²) in [5.74, 6) is 0.373. The van der Waals surface area contributed by atoms with Crippen LogP contribution in [0.15, 0.2) is 76.3 Å². The molecule has 0 spiro atoms. The maximum Gasteiger partial charge on any atom is 0.273 e. The number of rotatable bonds is 5. The molecule has 0 atom stereocenters. The summed E-state index contributed by atoms with van der Waals surface area (Å²) in [4.78, 5) is 34.3. The third-order valence-corrected chi connectivity index (χ3v) is 4.62. The van der Waals surface area contributed by atoms with E-state index in [0.29, 0.717) is 17.0 Å². The van der Waals surface area contributed by atoms with Crippen LogP contribution in [0.2, 0.25) is 0 Å². The smallest absolute Gasteiger partial charge is 0.273 e. The summed E-state index contributed by atoms with van der Waals surface area (Å²) >= 11 is 0. The van der Waals surface area contributed by atoms with E-state index >= 15 is 0 Å². The first kappa shape index (κ1) is 17.7. The van der Waals surface area contributed by atoms with Gasteiger partial charge in [-0.2, -0.15) is 0 Å². The number of H-pyrrole nitrogens is 1. The number of aromatic amines is 1. The van der Waals surface area contributed by atoms with Crippen LogP contribution in [0, 0.1) is 6.92 Å². The quantitative estimate of drug-likeness (QED) is 0.579. The topological polar surface area (TPSA) is 79.2 Å². The molecule has 1 aromatic carbocycles. The lowest BCUT2D eigenvalue weighted by molar-refractivity contribution is 0.0711. The summed E-state index contributed by atoms with van der Waals surface area (Å²) in [6.45, 7) is 2.34. The molecule has 3 aromatic heterocycles. The van der Waals surface area contributed by atoms with Crippen LogP contribution in [-0.4, -0.2) is 20.8 Å². The number of carbonyl (C=O) groups is 1. The molecule has 1 amide bonds. The number of para-hydroxylation sites is 1. The number of aromatic nitrogens is 2. The Morgan fingerprint density at radius 2 is 2.00 bits per heavy atom. The van der Waals surface area contributed by atoms with Gasteiger partial charge in [0.25, 0.3) is 11.5 Å². The molecular weight excluding hydrogens is 354 g/mol. The molecule has 0 aliphatic rings. The monoisotopic (exact) mass is 373 g/mol. The molecular formula is C22H19N3O3. The highest BCUT2D eigenvalue weighted by Gasteiger charge is 2.20. The highest BCUT2D eigenvalue weighted by molar-refractivity contribution is 5.92. The first-order chi connectivity index (χ1) is 13.6. The Morgan fingerprint density at radius 3 is 2.75 bits per heavy atom. The van der Waals surface area contributed by atoms with Gasteiger partial charge in [-0.05, 0) is 48.2 Å². The van der Waals surface area contributed by atoms with Gasteiger partial charge in [0.05, 0.1) is 24.9 Å². The number of hydrogen-bond acceptors (Lipinski definition) is 4. The lowest BCUT2D eigenvalue weighted by Crippen LogP contribution is -2.32. The van der Waals surface area contributed by atoms with Gasteiger partial charge >= 0.3 is 0 Å². The fourth-order valence-corrected chi connectivity index (χ4v) is 3.19. The van der Waals surface area contributed by atoms with E-state index in [2.05, 4.69) is 9.97 Å². The van der Waals surface area contributed by atoms with Gasteiger partial charge in [-0.3, -0.25) is 14.6 Å². The zero-order chi connectivity index (χ0) is 19.5. The van der Waals surface area contributed by atoms with Crippen molar-refractivity contribution in [3.05, 3.63) is 100.0 Å². The van der Waals surface area contributed by atoms with E-state index in [4.69, 9.17) is 4.42 Å². The standard InChI is InChI=1S/C22H19N3O3/c1-15-6-4-7-16-12-17(21(26)24-20(15)16)13-25(14-18-8-5-11-28-18)22(27)19-9-2-3-10-23-19/h2-12H,13-14H2,1H3,(H,24,26). The third kappa shape index (κ3) is 3.57. The number of carbonyl (C=O) groups excluding carboxylic acids is 1. The summed E-state index contributed by atoms with van der Waals surface area (Å²) in [7, 11) is 0. The van der Waals surface area contributed by atoms with Crippen molar-refractivity contribution in [1.29, 1.82) is 0 Å². The number of nitrogens with zero attached hydrogens (tertiary/aromatic N) is 2. The van der Waals surface area contributed by atoms with Crippen LogP contribution in [-0.2, 0) is 13.1 Å². The second-order valence-electron chi connectivity index (χ2n) is 6.62. The first-order valence-electron chi connectivity index (χ1n) is 8.96.